The topological polar surface area (TPSA) is 0 Å². The Labute approximate surface area is 116 Å². The number of halogens is 1. The van der Waals surface area contributed by atoms with E-state index in [1.165, 1.54) is 37.7 Å². The van der Waals surface area contributed by atoms with Crippen molar-refractivity contribution >= 4 is 11.6 Å². The molecule has 1 fully saturated rings. The number of rotatable bonds is 4. The van der Waals surface area contributed by atoms with Gasteiger partial charge in [0.05, 0.1) is 0 Å². The molecule has 1 aromatic rings. The molecule has 0 radical (unpaired) electrons. The van der Waals surface area contributed by atoms with Crippen molar-refractivity contribution in [3.63, 3.8) is 0 Å². The van der Waals surface area contributed by atoms with E-state index in [-0.39, 0.29) is 0 Å². The molecule has 0 nitrogen and oxygen atoms in total. The summed E-state index contributed by atoms with van der Waals surface area (Å²) in [4.78, 5) is 0. The van der Waals surface area contributed by atoms with Crippen LogP contribution in [-0.4, -0.2) is 0 Å². The van der Waals surface area contributed by atoms with Gasteiger partial charge < -0.3 is 0 Å². The van der Waals surface area contributed by atoms with Crippen LogP contribution in [0, 0.1) is 12.8 Å². The van der Waals surface area contributed by atoms with Crippen LogP contribution in [0.15, 0.2) is 35.9 Å². The van der Waals surface area contributed by atoms with Gasteiger partial charge in [-0.25, -0.2) is 0 Å². The lowest BCUT2D eigenvalue weighted by Crippen LogP contribution is -2.13. The Balaban J connectivity index is 1.81. The maximum atomic E-state index is 5.55. The lowest BCUT2D eigenvalue weighted by Gasteiger charge is -2.28. The fourth-order valence-electron chi connectivity index (χ4n) is 3.02. The molecule has 1 aliphatic carbocycles. The minimum Gasteiger partial charge on any atom is -0.0933 e. The number of aryl methyl sites for hydroxylation is 1. The van der Waals surface area contributed by atoms with E-state index in [4.69, 9.17) is 11.6 Å². The monoisotopic (exact) mass is 262 g/mol. The molecule has 0 unspecified atom stereocenters. The fraction of sp³-hybridized carbons (Fsp3) is 0.529. The molecule has 0 heterocycles. The molecular formula is C17H23Cl. The summed E-state index contributed by atoms with van der Waals surface area (Å²) < 4.78 is 0. The van der Waals surface area contributed by atoms with Crippen LogP contribution in [0.1, 0.15) is 55.6 Å². The summed E-state index contributed by atoms with van der Waals surface area (Å²) in [5.41, 5.74) is 4.55. The van der Waals surface area contributed by atoms with Crippen LogP contribution < -0.4 is 0 Å². The molecule has 0 aromatic heterocycles. The number of hydrogen-bond acceptors (Lipinski definition) is 0. The predicted octanol–water partition coefficient (Wildman–Crippen LogP) is 5.80. The molecule has 1 heteroatoms. The average molecular weight is 263 g/mol. The van der Waals surface area contributed by atoms with Gasteiger partial charge in [-0.3, -0.25) is 0 Å². The van der Waals surface area contributed by atoms with Gasteiger partial charge in [0.2, 0.25) is 0 Å². The van der Waals surface area contributed by atoms with Gasteiger partial charge in [-0.2, -0.15) is 0 Å². The SMILES string of the molecule is Cc1ccc(C2CCC(CCC=CCl)CC2)cc1. The number of hydrogen-bond donors (Lipinski definition) is 0. The molecule has 0 atom stereocenters. The quantitative estimate of drug-likeness (QED) is 0.643. The normalized spacial score (nSPS) is 24.6. The fourth-order valence-corrected chi connectivity index (χ4v) is 3.14. The van der Waals surface area contributed by atoms with E-state index in [0.717, 1.165) is 18.3 Å². The first-order valence-corrected chi connectivity index (χ1v) is 7.55. The molecule has 1 saturated carbocycles. The Morgan fingerprint density at radius 2 is 1.78 bits per heavy atom. The third-order valence-corrected chi connectivity index (χ3v) is 4.40. The average Bonchev–Trinajstić information content (AvgIpc) is 2.41. The Bertz CT molecular complexity index is 369. The van der Waals surface area contributed by atoms with Crippen LogP contribution in [0.4, 0.5) is 0 Å². The minimum atomic E-state index is 0.797. The second-order valence-electron chi connectivity index (χ2n) is 5.57. The third-order valence-electron chi connectivity index (χ3n) is 4.23. The van der Waals surface area contributed by atoms with Crippen LogP contribution in [-0.2, 0) is 0 Å². The van der Waals surface area contributed by atoms with Gasteiger partial charge in [0.25, 0.3) is 0 Å². The molecule has 1 aliphatic rings. The van der Waals surface area contributed by atoms with Gasteiger partial charge in [0.1, 0.15) is 0 Å². The zero-order valence-corrected chi connectivity index (χ0v) is 12.0. The standard InChI is InChI=1S/C17H23Cl/c1-14-5-9-16(10-6-14)17-11-7-15(8-12-17)4-2-3-13-18/h3,5-6,9-10,13,15,17H,2,4,7-8,11-12H2,1H3. The van der Waals surface area contributed by atoms with Crippen molar-refractivity contribution in [2.24, 2.45) is 5.92 Å². The van der Waals surface area contributed by atoms with Crippen LogP contribution in [0.2, 0.25) is 0 Å². The van der Waals surface area contributed by atoms with Crippen molar-refractivity contribution in [1.82, 2.24) is 0 Å². The highest BCUT2D eigenvalue weighted by Crippen LogP contribution is 2.37. The largest absolute Gasteiger partial charge is 0.0933 e. The van der Waals surface area contributed by atoms with Gasteiger partial charge in [-0.15, -0.1) is 0 Å². The summed E-state index contributed by atoms with van der Waals surface area (Å²) in [7, 11) is 0. The first-order valence-electron chi connectivity index (χ1n) is 7.11. The molecule has 98 valence electrons. The van der Waals surface area contributed by atoms with Gasteiger partial charge in [-0.05, 0) is 62.8 Å². The van der Waals surface area contributed by atoms with E-state index in [1.807, 2.05) is 0 Å². The molecule has 0 saturated heterocycles. The Morgan fingerprint density at radius 1 is 1.11 bits per heavy atom. The van der Waals surface area contributed by atoms with Crippen LogP contribution in [0.25, 0.3) is 0 Å². The highest BCUT2D eigenvalue weighted by Gasteiger charge is 2.21. The van der Waals surface area contributed by atoms with Crippen LogP contribution >= 0.6 is 11.6 Å². The second kappa shape index (κ2) is 6.99. The first-order chi connectivity index (χ1) is 8.79. The molecular weight excluding hydrogens is 240 g/mol. The van der Waals surface area contributed by atoms with Crippen molar-refractivity contribution in [1.29, 1.82) is 0 Å². The van der Waals surface area contributed by atoms with E-state index in [9.17, 15) is 0 Å². The molecule has 18 heavy (non-hydrogen) atoms. The summed E-state index contributed by atoms with van der Waals surface area (Å²) >= 11 is 5.55. The van der Waals surface area contributed by atoms with Gasteiger partial charge in [-0.1, -0.05) is 47.5 Å². The van der Waals surface area contributed by atoms with Crippen molar-refractivity contribution in [3.8, 4) is 0 Å². The zero-order valence-electron chi connectivity index (χ0n) is 11.2. The van der Waals surface area contributed by atoms with Gasteiger partial charge in [0.15, 0.2) is 0 Å². The van der Waals surface area contributed by atoms with Gasteiger partial charge in [0, 0.05) is 5.54 Å². The predicted molar refractivity (Wildman–Crippen MR) is 80.1 cm³/mol. The maximum Gasteiger partial charge on any atom is 0.000245 e. The molecule has 0 bridgehead atoms. The summed E-state index contributed by atoms with van der Waals surface area (Å²) in [6, 6.07) is 9.12. The van der Waals surface area contributed by atoms with Crippen molar-refractivity contribution in [2.75, 3.05) is 0 Å². The van der Waals surface area contributed by atoms with E-state index in [2.05, 4.69) is 37.3 Å². The molecule has 0 spiro atoms. The highest BCUT2D eigenvalue weighted by molar-refractivity contribution is 6.25. The number of allylic oxidation sites excluding steroid dienone is 1. The third kappa shape index (κ3) is 3.88. The first kappa shape index (κ1) is 13.7. The second-order valence-corrected chi connectivity index (χ2v) is 5.82. The molecule has 1 aromatic carbocycles. The summed E-state index contributed by atoms with van der Waals surface area (Å²) in [6.07, 6.45) is 10.0. The van der Waals surface area contributed by atoms with Crippen molar-refractivity contribution < 1.29 is 0 Å². The minimum absolute atomic E-state index is 0.797. The van der Waals surface area contributed by atoms with Crippen molar-refractivity contribution in [2.45, 2.75) is 51.4 Å². The van der Waals surface area contributed by atoms with E-state index < -0.39 is 0 Å². The van der Waals surface area contributed by atoms with Crippen molar-refractivity contribution in [3.05, 3.63) is 47.0 Å². The lowest BCUT2D eigenvalue weighted by atomic mass is 9.77. The summed E-state index contributed by atoms with van der Waals surface area (Å²) in [6.45, 7) is 2.16. The smallest absolute Gasteiger partial charge is 0.000245 e. The molecule has 0 aliphatic heterocycles. The molecule has 0 N–H and O–H groups in total. The molecule has 2 rings (SSSR count). The Kier molecular flexibility index (Phi) is 5.31. The lowest BCUT2D eigenvalue weighted by molar-refractivity contribution is 0.312. The summed E-state index contributed by atoms with van der Waals surface area (Å²) in [5, 5.41) is 0. The Hall–Kier alpha value is -0.750. The highest BCUT2D eigenvalue weighted by atomic mass is 35.5. The van der Waals surface area contributed by atoms with E-state index >= 15 is 0 Å². The van der Waals surface area contributed by atoms with Gasteiger partial charge >= 0.3 is 0 Å². The summed E-state index contributed by atoms with van der Waals surface area (Å²) in [5.74, 6) is 1.71. The van der Waals surface area contributed by atoms with Crippen LogP contribution in [0.5, 0.6) is 0 Å². The zero-order chi connectivity index (χ0) is 12.8. The van der Waals surface area contributed by atoms with Crippen LogP contribution in [0.3, 0.4) is 0 Å². The maximum absolute atomic E-state index is 5.55. The Morgan fingerprint density at radius 3 is 2.39 bits per heavy atom. The number of benzene rings is 1. The van der Waals surface area contributed by atoms with E-state index in [1.54, 1.807) is 11.1 Å². The van der Waals surface area contributed by atoms with E-state index in [0.29, 0.717) is 0 Å². The molecule has 0 amide bonds.